The van der Waals surface area contributed by atoms with Crippen LogP contribution >= 0.6 is 11.8 Å². The van der Waals surface area contributed by atoms with Crippen LogP contribution in [0.3, 0.4) is 0 Å². The van der Waals surface area contributed by atoms with Crippen molar-refractivity contribution < 1.29 is 4.79 Å². The largest absolute Gasteiger partial charge is 0.348 e. The van der Waals surface area contributed by atoms with Gasteiger partial charge in [0.05, 0.1) is 5.75 Å². The number of carbonyl (C=O) groups is 1. The molecule has 0 bridgehead atoms. The van der Waals surface area contributed by atoms with Crippen LogP contribution < -0.4 is 5.56 Å². The normalized spacial score (nSPS) is 10.4. The number of aryl methyl sites for hydroxylation is 1. The fraction of sp³-hybridized carbons (Fsp3) is 0.545. The fourth-order valence-corrected chi connectivity index (χ4v) is 2.21. The second-order valence-electron chi connectivity index (χ2n) is 3.87. The topological polar surface area (TPSA) is 66.1 Å². The first kappa shape index (κ1) is 13.8. The van der Waals surface area contributed by atoms with Crippen LogP contribution in [-0.2, 0) is 11.2 Å². The quantitative estimate of drug-likeness (QED) is 0.639. The van der Waals surface area contributed by atoms with Crippen molar-refractivity contribution in [1.82, 2.24) is 14.9 Å². The molecule has 0 saturated carbocycles. The van der Waals surface area contributed by atoms with Crippen molar-refractivity contribution >= 4 is 17.7 Å². The Balaban J connectivity index is 2.81. The molecule has 0 aliphatic heterocycles. The summed E-state index contributed by atoms with van der Waals surface area (Å²) in [7, 11) is 3.40. The monoisotopic (exact) mass is 255 g/mol. The van der Waals surface area contributed by atoms with Crippen LogP contribution in [0.5, 0.6) is 0 Å². The van der Waals surface area contributed by atoms with E-state index in [0.717, 1.165) is 5.69 Å². The van der Waals surface area contributed by atoms with Gasteiger partial charge < -0.3 is 9.88 Å². The zero-order chi connectivity index (χ0) is 13.0. The van der Waals surface area contributed by atoms with E-state index in [9.17, 15) is 9.59 Å². The van der Waals surface area contributed by atoms with Crippen LogP contribution in [-0.4, -0.2) is 40.6 Å². The molecule has 0 atom stereocenters. The van der Waals surface area contributed by atoms with Gasteiger partial charge in [-0.2, -0.15) is 0 Å². The van der Waals surface area contributed by atoms with Crippen molar-refractivity contribution in [2.24, 2.45) is 0 Å². The van der Waals surface area contributed by atoms with Crippen molar-refractivity contribution in [2.75, 3.05) is 19.8 Å². The van der Waals surface area contributed by atoms with Crippen LogP contribution in [0.1, 0.15) is 18.2 Å². The smallest absolute Gasteiger partial charge is 0.254 e. The first-order valence-electron chi connectivity index (χ1n) is 5.38. The highest BCUT2D eigenvalue weighted by atomic mass is 32.2. The lowest BCUT2D eigenvalue weighted by molar-refractivity contribution is -0.125. The number of carbonyl (C=O) groups excluding carboxylic acids is 1. The van der Waals surface area contributed by atoms with E-state index >= 15 is 0 Å². The predicted octanol–water partition coefficient (Wildman–Crippen LogP) is 0.821. The Bertz CT molecular complexity index is 468. The van der Waals surface area contributed by atoms with Crippen molar-refractivity contribution in [1.29, 1.82) is 0 Å². The molecule has 0 saturated heterocycles. The lowest BCUT2D eigenvalue weighted by Crippen LogP contribution is -2.24. The number of H-pyrrole nitrogens is 1. The molecule has 0 spiro atoms. The van der Waals surface area contributed by atoms with Gasteiger partial charge in [-0.05, 0) is 13.3 Å². The average Bonchev–Trinajstić information content (AvgIpc) is 2.25. The summed E-state index contributed by atoms with van der Waals surface area (Å²) in [4.78, 5) is 31.5. The Labute approximate surface area is 105 Å². The number of hydrogen-bond acceptors (Lipinski definition) is 4. The minimum absolute atomic E-state index is 0.00475. The first-order chi connectivity index (χ1) is 7.95. The van der Waals surface area contributed by atoms with Gasteiger partial charge in [-0.25, -0.2) is 4.98 Å². The summed E-state index contributed by atoms with van der Waals surface area (Å²) >= 11 is 1.25. The molecule has 1 aromatic heterocycles. The molecule has 17 heavy (non-hydrogen) atoms. The molecular formula is C11H17N3O2S. The summed E-state index contributed by atoms with van der Waals surface area (Å²) in [6.45, 7) is 3.73. The Morgan fingerprint density at radius 3 is 2.59 bits per heavy atom. The van der Waals surface area contributed by atoms with E-state index in [-0.39, 0.29) is 17.2 Å². The Kier molecular flexibility index (Phi) is 4.74. The molecule has 1 N–H and O–H groups in total. The molecule has 0 unspecified atom stereocenters. The maximum Gasteiger partial charge on any atom is 0.254 e. The molecule has 94 valence electrons. The Hall–Kier alpha value is -1.30. The SMILES string of the molecule is CCc1c(C)nc(SCC(=O)N(C)C)[nH]c1=O. The summed E-state index contributed by atoms with van der Waals surface area (Å²) in [6, 6.07) is 0. The third kappa shape index (κ3) is 3.59. The van der Waals surface area contributed by atoms with Gasteiger partial charge in [-0.1, -0.05) is 18.7 Å². The van der Waals surface area contributed by atoms with E-state index in [4.69, 9.17) is 0 Å². The van der Waals surface area contributed by atoms with Gasteiger partial charge in [0.1, 0.15) is 0 Å². The molecule has 5 nitrogen and oxygen atoms in total. The standard InChI is InChI=1S/C11H17N3O2S/c1-5-8-7(2)12-11(13-10(8)16)17-6-9(15)14(3)4/h5-6H2,1-4H3,(H,12,13,16). The van der Waals surface area contributed by atoms with Crippen LogP contribution in [0.25, 0.3) is 0 Å². The van der Waals surface area contributed by atoms with Gasteiger partial charge in [-0.15, -0.1) is 0 Å². The van der Waals surface area contributed by atoms with E-state index in [1.165, 1.54) is 16.7 Å². The van der Waals surface area contributed by atoms with Gasteiger partial charge >= 0.3 is 0 Å². The number of nitrogens with one attached hydrogen (secondary N) is 1. The molecule has 0 radical (unpaired) electrons. The molecule has 0 aliphatic rings. The Morgan fingerprint density at radius 1 is 1.47 bits per heavy atom. The van der Waals surface area contributed by atoms with Gasteiger partial charge in [0.2, 0.25) is 5.91 Å². The van der Waals surface area contributed by atoms with Crippen LogP contribution in [0, 0.1) is 6.92 Å². The van der Waals surface area contributed by atoms with Crippen molar-refractivity contribution in [3.63, 3.8) is 0 Å². The van der Waals surface area contributed by atoms with E-state index in [1.807, 2.05) is 13.8 Å². The zero-order valence-electron chi connectivity index (χ0n) is 10.5. The Morgan fingerprint density at radius 2 is 2.12 bits per heavy atom. The highest BCUT2D eigenvalue weighted by Crippen LogP contribution is 2.12. The molecule has 0 aromatic carbocycles. The number of nitrogens with zero attached hydrogens (tertiary/aromatic N) is 2. The molecule has 0 aliphatic carbocycles. The number of aromatic nitrogens is 2. The van der Waals surface area contributed by atoms with Crippen LogP contribution in [0.15, 0.2) is 9.95 Å². The van der Waals surface area contributed by atoms with Crippen LogP contribution in [0.4, 0.5) is 0 Å². The van der Waals surface area contributed by atoms with Gasteiger partial charge in [0.25, 0.3) is 5.56 Å². The van der Waals surface area contributed by atoms with Gasteiger partial charge in [-0.3, -0.25) is 9.59 Å². The molecule has 0 fully saturated rings. The number of aromatic amines is 1. The number of thioether (sulfide) groups is 1. The third-order valence-electron chi connectivity index (χ3n) is 2.39. The molecule has 6 heteroatoms. The molecule has 1 heterocycles. The fourth-order valence-electron chi connectivity index (χ4n) is 1.33. The van der Waals surface area contributed by atoms with Crippen molar-refractivity contribution in [3.05, 3.63) is 21.6 Å². The van der Waals surface area contributed by atoms with Gasteiger partial charge in [0, 0.05) is 25.4 Å². The number of rotatable bonds is 4. The minimum Gasteiger partial charge on any atom is -0.348 e. The summed E-state index contributed by atoms with van der Waals surface area (Å²) in [5.74, 6) is 0.274. The zero-order valence-corrected chi connectivity index (χ0v) is 11.3. The minimum atomic E-state index is -0.111. The molecule has 1 amide bonds. The average molecular weight is 255 g/mol. The van der Waals surface area contributed by atoms with E-state index in [1.54, 1.807) is 14.1 Å². The second-order valence-corrected chi connectivity index (χ2v) is 4.83. The number of hydrogen-bond donors (Lipinski definition) is 1. The summed E-state index contributed by atoms with van der Waals surface area (Å²) < 4.78 is 0. The summed E-state index contributed by atoms with van der Waals surface area (Å²) in [5, 5.41) is 0.500. The van der Waals surface area contributed by atoms with E-state index in [2.05, 4.69) is 9.97 Å². The second kappa shape index (κ2) is 5.86. The number of amides is 1. The van der Waals surface area contributed by atoms with Crippen molar-refractivity contribution in [3.8, 4) is 0 Å². The summed E-state index contributed by atoms with van der Waals surface area (Å²) in [5.41, 5.74) is 1.32. The van der Waals surface area contributed by atoms with E-state index in [0.29, 0.717) is 17.1 Å². The first-order valence-corrected chi connectivity index (χ1v) is 6.37. The predicted molar refractivity (Wildman–Crippen MR) is 68.4 cm³/mol. The maximum atomic E-state index is 11.7. The third-order valence-corrected chi connectivity index (χ3v) is 3.24. The van der Waals surface area contributed by atoms with Crippen LogP contribution in [0.2, 0.25) is 0 Å². The highest BCUT2D eigenvalue weighted by molar-refractivity contribution is 7.99. The molecular weight excluding hydrogens is 238 g/mol. The highest BCUT2D eigenvalue weighted by Gasteiger charge is 2.09. The summed E-state index contributed by atoms with van der Waals surface area (Å²) in [6.07, 6.45) is 0.662. The maximum absolute atomic E-state index is 11.7. The molecule has 1 aromatic rings. The molecule has 1 rings (SSSR count). The van der Waals surface area contributed by atoms with E-state index < -0.39 is 0 Å². The lowest BCUT2D eigenvalue weighted by Gasteiger charge is -2.09. The van der Waals surface area contributed by atoms with Crippen molar-refractivity contribution in [2.45, 2.75) is 25.4 Å². The van der Waals surface area contributed by atoms with Gasteiger partial charge in [0.15, 0.2) is 5.16 Å². The lowest BCUT2D eigenvalue weighted by atomic mass is 10.2.